The molecule has 0 aliphatic heterocycles. The zero-order chi connectivity index (χ0) is 33.5. The molecule has 1 saturated carbocycles. The van der Waals surface area contributed by atoms with Crippen molar-refractivity contribution in [2.45, 2.75) is 13.3 Å². The fraction of sp³-hybridized carbons (Fsp3) is 0.0909. The molecule has 1 fully saturated rings. The normalized spacial score (nSPS) is 16.3. The number of rotatable bonds is 8. The molecule has 0 aromatic heterocycles. The summed E-state index contributed by atoms with van der Waals surface area (Å²) in [6.07, 6.45) is 5.42. The van der Waals surface area contributed by atoms with E-state index in [1.807, 2.05) is 83.8 Å². The molecular weight excluding hydrogens is 613 g/mol. The van der Waals surface area contributed by atoms with Gasteiger partial charge >= 0.3 is 0 Å². The van der Waals surface area contributed by atoms with Crippen LogP contribution in [0.15, 0.2) is 157 Å². The largest absolute Gasteiger partial charge is 0.355 e. The number of aryl methyl sites for hydroxylation is 1. The fourth-order valence-electron chi connectivity index (χ4n) is 6.98. The summed E-state index contributed by atoms with van der Waals surface area (Å²) in [4.78, 5) is 1.95. The molecule has 1 N–H and O–H groups in total. The van der Waals surface area contributed by atoms with Crippen molar-refractivity contribution in [3.05, 3.63) is 186 Å². The van der Waals surface area contributed by atoms with Crippen LogP contribution < -0.4 is 10.2 Å². The highest BCUT2D eigenvalue weighted by molar-refractivity contribution is 5.84. The van der Waals surface area contributed by atoms with Gasteiger partial charge in [-0.3, -0.25) is 0 Å². The summed E-state index contributed by atoms with van der Waals surface area (Å²) in [5, 5.41) is 3.16. The summed E-state index contributed by atoms with van der Waals surface area (Å²) in [7, 11) is 0. The monoisotopic (exact) mass is 646 g/mol. The zero-order valence-corrected chi connectivity index (χ0v) is 26.9. The highest BCUT2D eigenvalue weighted by Crippen LogP contribution is 2.54. The number of hydrogen-bond donors (Lipinski definition) is 1. The van der Waals surface area contributed by atoms with Crippen LogP contribution in [0.4, 0.5) is 35.9 Å². The van der Waals surface area contributed by atoms with E-state index < -0.39 is 17.5 Å². The van der Waals surface area contributed by atoms with Gasteiger partial charge < -0.3 is 10.2 Å². The van der Waals surface area contributed by atoms with Gasteiger partial charge in [-0.25, -0.2) is 13.2 Å². The molecule has 2 nitrogen and oxygen atoms in total. The number of halogens is 3. The lowest BCUT2D eigenvalue weighted by Crippen LogP contribution is -2.20. The standard InChI is InChI=1S/C44H33F3N2/c1-28-20-35(48-34-16-7-3-8-17-34)25-39(45)43(28)44-40(46)26-37(27-41(44)47)49(36-18-9-4-10-19-36)42-24-32(22-33-23-38(33)42)31-15-11-14-30(21-31)29-12-5-2-6-13-29/h2-22,24-27,33,38,48H,23H2,1H3. The van der Waals surface area contributed by atoms with E-state index >= 15 is 13.2 Å². The van der Waals surface area contributed by atoms with Gasteiger partial charge in [0.15, 0.2) is 0 Å². The topological polar surface area (TPSA) is 15.3 Å². The first-order valence-electron chi connectivity index (χ1n) is 16.5. The molecule has 0 saturated heterocycles. The Hall–Kier alpha value is -5.81. The van der Waals surface area contributed by atoms with Crippen LogP contribution in [0.25, 0.3) is 27.8 Å². The fourth-order valence-corrected chi connectivity index (χ4v) is 6.98. The van der Waals surface area contributed by atoms with Gasteiger partial charge in [0, 0.05) is 34.2 Å². The summed E-state index contributed by atoms with van der Waals surface area (Å²) in [6, 6.07) is 43.4. The van der Waals surface area contributed by atoms with Gasteiger partial charge in [0.1, 0.15) is 17.5 Å². The van der Waals surface area contributed by atoms with Crippen molar-refractivity contribution in [1.82, 2.24) is 0 Å². The average molecular weight is 647 g/mol. The molecular formula is C44H33F3N2. The van der Waals surface area contributed by atoms with Gasteiger partial charge in [0.05, 0.1) is 11.3 Å². The Bertz CT molecular complexity index is 2180. The van der Waals surface area contributed by atoms with Gasteiger partial charge in [-0.2, -0.15) is 0 Å². The zero-order valence-electron chi connectivity index (χ0n) is 26.9. The molecule has 0 amide bonds. The molecule has 8 rings (SSSR count). The third-order valence-electron chi connectivity index (χ3n) is 9.38. The number of fused-ring (bicyclic) bond motifs is 1. The van der Waals surface area contributed by atoms with Gasteiger partial charge in [-0.1, -0.05) is 91.0 Å². The van der Waals surface area contributed by atoms with Crippen molar-refractivity contribution < 1.29 is 13.2 Å². The lowest BCUT2D eigenvalue weighted by atomic mass is 9.93. The smallest absolute Gasteiger partial charge is 0.136 e. The Balaban J connectivity index is 1.18. The van der Waals surface area contributed by atoms with Crippen LogP contribution in [0.5, 0.6) is 0 Å². The summed E-state index contributed by atoms with van der Waals surface area (Å²) < 4.78 is 48.1. The lowest BCUT2D eigenvalue weighted by Gasteiger charge is -2.30. The number of nitrogens with one attached hydrogen (secondary N) is 1. The molecule has 49 heavy (non-hydrogen) atoms. The molecule has 0 heterocycles. The predicted molar refractivity (Wildman–Crippen MR) is 194 cm³/mol. The minimum atomic E-state index is -0.822. The van der Waals surface area contributed by atoms with E-state index in [0.29, 0.717) is 22.9 Å². The van der Waals surface area contributed by atoms with Crippen molar-refractivity contribution in [2.75, 3.05) is 10.2 Å². The van der Waals surface area contributed by atoms with Crippen molar-refractivity contribution in [1.29, 1.82) is 0 Å². The van der Waals surface area contributed by atoms with Crippen LogP contribution in [0.2, 0.25) is 0 Å². The summed E-state index contributed by atoms with van der Waals surface area (Å²) in [6.45, 7) is 1.67. The maximum Gasteiger partial charge on any atom is 0.136 e. The molecule has 6 aromatic rings. The van der Waals surface area contributed by atoms with Crippen molar-refractivity contribution in [2.24, 2.45) is 11.8 Å². The molecule has 2 aliphatic rings. The third-order valence-corrected chi connectivity index (χ3v) is 9.38. The second kappa shape index (κ2) is 12.7. The van der Waals surface area contributed by atoms with Crippen molar-refractivity contribution in [3.8, 4) is 22.3 Å². The van der Waals surface area contributed by atoms with Gasteiger partial charge in [-0.15, -0.1) is 0 Å². The minimum Gasteiger partial charge on any atom is -0.355 e. The van der Waals surface area contributed by atoms with E-state index in [9.17, 15) is 0 Å². The van der Waals surface area contributed by atoms with E-state index in [1.54, 1.807) is 13.0 Å². The van der Waals surface area contributed by atoms with Gasteiger partial charge in [0.25, 0.3) is 0 Å². The molecule has 0 radical (unpaired) electrons. The molecule has 5 heteroatoms. The maximum atomic E-state index is 16.2. The van der Waals surface area contributed by atoms with Crippen molar-refractivity contribution in [3.63, 3.8) is 0 Å². The quantitative estimate of drug-likeness (QED) is 0.177. The highest BCUT2D eigenvalue weighted by atomic mass is 19.1. The average Bonchev–Trinajstić information content (AvgIpc) is 3.91. The third kappa shape index (κ3) is 6.04. The molecule has 2 unspecified atom stereocenters. The number of hydrogen-bond acceptors (Lipinski definition) is 2. The summed E-state index contributed by atoms with van der Waals surface area (Å²) >= 11 is 0. The summed E-state index contributed by atoms with van der Waals surface area (Å²) in [5.41, 5.74) is 7.78. The van der Waals surface area contributed by atoms with E-state index in [4.69, 9.17) is 0 Å². The first kappa shape index (κ1) is 30.5. The first-order valence-corrected chi connectivity index (χ1v) is 16.5. The predicted octanol–water partition coefficient (Wildman–Crippen LogP) is 12.2. The Kier molecular flexibility index (Phi) is 7.89. The van der Waals surface area contributed by atoms with Crippen LogP contribution in [0, 0.1) is 36.2 Å². The Morgan fingerprint density at radius 1 is 0.571 bits per heavy atom. The maximum absolute atomic E-state index is 16.2. The first-order chi connectivity index (χ1) is 23.9. The summed E-state index contributed by atoms with van der Waals surface area (Å²) in [5.74, 6) is -1.80. The van der Waals surface area contributed by atoms with Crippen LogP contribution in [0.1, 0.15) is 17.5 Å². The minimum absolute atomic E-state index is 0.0888. The number of benzene rings is 6. The Labute approximate surface area is 284 Å². The van der Waals surface area contributed by atoms with Crippen LogP contribution in [-0.2, 0) is 0 Å². The van der Waals surface area contributed by atoms with Gasteiger partial charge in [-0.05, 0) is 108 Å². The SMILES string of the molecule is Cc1cc(Nc2ccccc2)cc(F)c1-c1c(F)cc(N(C2=CC(c3cccc(-c4ccccc4)c3)=CC3CC23)c2ccccc2)cc1F. The van der Waals surface area contributed by atoms with Crippen LogP contribution >= 0.6 is 0 Å². The molecule has 6 aromatic carbocycles. The van der Waals surface area contributed by atoms with E-state index in [2.05, 4.69) is 53.9 Å². The second-order valence-electron chi connectivity index (χ2n) is 12.7. The van der Waals surface area contributed by atoms with E-state index in [-0.39, 0.29) is 17.0 Å². The number of nitrogens with zero attached hydrogens (tertiary/aromatic N) is 1. The molecule has 0 bridgehead atoms. The highest BCUT2D eigenvalue weighted by Gasteiger charge is 2.44. The van der Waals surface area contributed by atoms with E-state index in [1.165, 1.54) is 18.2 Å². The second-order valence-corrected chi connectivity index (χ2v) is 12.7. The number of allylic oxidation sites excluding steroid dienone is 4. The van der Waals surface area contributed by atoms with Gasteiger partial charge in [0.2, 0.25) is 0 Å². The van der Waals surface area contributed by atoms with Crippen LogP contribution in [0.3, 0.4) is 0 Å². The van der Waals surface area contributed by atoms with Crippen molar-refractivity contribution >= 4 is 28.3 Å². The van der Waals surface area contributed by atoms with E-state index in [0.717, 1.165) is 45.8 Å². The molecule has 0 spiro atoms. The Morgan fingerprint density at radius 3 is 1.88 bits per heavy atom. The number of anilines is 4. The molecule has 240 valence electrons. The Morgan fingerprint density at radius 2 is 1.18 bits per heavy atom. The molecule has 2 aliphatic carbocycles. The van der Waals surface area contributed by atoms with Crippen LogP contribution in [-0.4, -0.2) is 0 Å². The lowest BCUT2D eigenvalue weighted by molar-refractivity contribution is 0.581. The number of para-hydroxylation sites is 2. The molecule has 2 atom stereocenters.